The maximum Gasteiger partial charge on any atom is 0.193 e. The van der Waals surface area contributed by atoms with E-state index in [-0.39, 0.29) is 16.6 Å². The third-order valence-electron chi connectivity index (χ3n) is 3.56. The van der Waals surface area contributed by atoms with Crippen LogP contribution in [-0.2, 0) is 0 Å². The molecule has 0 aliphatic carbocycles. The number of benzene rings is 2. The number of rotatable bonds is 2. The van der Waals surface area contributed by atoms with Gasteiger partial charge < -0.3 is 9.72 Å². The second-order valence-electron chi connectivity index (χ2n) is 4.98. The van der Waals surface area contributed by atoms with Crippen LogP contribution >= 0.6 is 11.6 Å². The van der Waals surface area contributed by atoms with Crippen molar-refractivity contribution in [2.75, 3.05) is 7.11 Å². The SMILES string of the molecule is COc1c(F)cc2[nH]c(-c3cc(C#N)ccc3Cl)cc(=O)c2c1F. The summed E-state index contributed by atoms with van der Waals surface area (Å²) in [4.78, 5) is 15.1. The zero-order valence-corrected chi connectivity index (χ0v) is 13.0. The third kappa shape index (κ3) is 2.49. The van der Waals surface area contributed by atoms with Gasteiger partial charge in [0.1, 0.15) is 0 Å². The summed E-state index contributed by atoms with van der Waals surface area (Å²) in [6, 6.07) is 8.59. The van der Waals surface area contributed by atoms with E-state index in [1.54, 1.807) is 0 Å². The van der Waals surface area contributed by atoms with E-state index in [1.165, 1.54) is 18.2 Å². The average molecular weight is 347 g/mol. The van der Waals surface area contributed by atoms with Gasteiger partial charge in [-0.25, -0.2) is 8.78 Å². The van der Waals surface area contributed by atoms with Crippen molar-refractivity contribution in [2.24, 2.45) is 0 Å². The molecule has 120 valence electrons. The molecule has 1 N–H and O–H groups in total. The van der Waals surface area contributed by atoms with Crippen LogP contribution in [0.3, 0.4) is 0 Å². The van der Waals surface area contributed by atoms with E-state index in [4.69, 9.17) is 16.9 Å². The molecule has 0 radical (unpaired) electrons. The summed E-state index contributed by atoms with van der Waals surface area (Å²) in [7, 11) is 1.11. The van der Waals surface area contributed by atoms with Crippen LogP contribution in [0.4, 0.5) is 8.78 Å². The molecule has 3 aromatic rings. The number of nitrogens with zero attached hydrogens (tertiary/aromatic N) is 1. The molecular weight excluding hydrogens is 338 g/mol. The first-order valence-corrected chi connectivity index (χ1v) is 7.13. The molecule has 1 aromatic heterocycles. The van der Waals surface area contributed by atoms with E-state index in [0.29, 0.717) is 16.1 Å². The lowest BCUT2D eigenvalue weighted by atomic mass is 10.1. The van der Waals surface area contributed by atoms with Gasteiger partial charge in [-0.1, -0.05) is 11.6 Å². The topological polar surface area (TPSA) is 65.9 Å². The summed E-state index contributed by atoms with van der Waals surface area (Å²) in [5.74, 6) is -2.63. The van der Waals surface area contributed by atoms with Crippen LogP contribution in [0, 0.1) is 23.0 Å². The standard InChI is InChI=1S/C17H9ClF2N2O2/c1-24-17-11(19)5-13-15(16(17)20)14(23)6-12(22-13)9-4-8(7-21)2-3-10(9)18/h2-6H,1H3,(H,22,23). The summed E-state index contributed by atoms with van der Waals surface area (Å²) in [6.45, 7) is 0. The molecule has 7 heteroatoms. The Morgan fingerprint density at radius 2 is 2.00 bits per heavy atom. The quantitative estimate of drug-likeness (QED) is 0.762. The normalized spacial score (nSPS) is 10.6. The molecule has 0 amide bonds. The number of aromatic amines is 1. The van der Waals surface area contributed by atoms with Crippen molar-refractivity contribution in [3.05, 3.63) is 62.8 Å². The monoisotopic (exact) mass is 346 g/mol. The van der Waals surface area contributed by atoms with E-state index >= 15 is 0 Å². The number of nitrogens with one attached hydrogen (secondary N) is 1. The van der Waals surface area contributed by atoms with Gasteiger partial charge in [0.2, 0.25) is 0 Å². The molecule has 0 saturated heterocycles. The second kappa shape index (κ2) is 5.95. The number of halogens is 3. The number of methoxy groups -OCH3 is 1. The Bertz CT molecular complexity index is 1070. The largest absolute Gasteiger partial charge is 0.491 e. The molecule has 0 bridgehead atoms. The van der Waals surface area contributed by atoms with Gasteiger partial charge in [-0.2, -0.15) is 5.26 Å². The Kier molecular flexibility index (Phi) is 3.96. The van der Waals surface area contributed by atoms with Gasteiger partial charge in [-0.3, -0.25) is 4.79 Å². The Hall–Kier alpha value is -2.91. The molecular formula is C17H9ClF2N2O2. The number of H-pyrrole nitrogens is 1. The van der Waals surface area contributed by atoms with E-state index in [0.717, 1.165) is 19.2 Å². The Morgan fingerprint density at radius 1 is 1.25 bits per heavy atom. The highest BCUT2D eigenvalue weighted by molar-refractivity contribution is 6.33. The lowest BCUT2D eigenvalue weighted by Gasteiger charge is -2.10. The molecule has 0 spiro atoms. The van der Waals surface area contributed by atoms with E-state index in [1.807, 2.05) is 6.07 Å². The summed E-state index contributed by atoms with van der Waals surface area (Å²) < 4.78 is 32.8. The first-order chi connectivity index (χ1) is 11.5. The lowest BCUT2D eigenvalue weighted by Crippen LogP contribution is -2.07. The van der Waals surface area contributed by atoms with Crippen LogP contribution in [0.25, 0.3) is 22.2 Å². The number of fused-ring (bicyclic) bond motifs is 1. The molecule has 3 rings (SSSR count). The Morgan fingerprint density at radius 3 is 2.67 bits per heavy atom. The first kappa shape index (κ1) is 16.0. The van der Waals surface area contributed by atoms with Crippen LogP contribution in [0.1, 0.15) is 5.56 Å². The number of nitriles is 1. The zero-order chi connectivity index (χ0) is 17.4. The molecule has 0 saturated carbocycles. The zero-order valence-electron chi connectivity index (χ0n) is 12.3. The van der Waals surface area contributed by atoms with Crippen LogP contribution in [0.15, 0.2) is 35.1 Å². The van der Waals surface area contributed by atoms with Crippen molar-refractivity contribution in [3.8, 4) is 23.1 Å². The minimum absolute atomic E-state index is 0.0354. The number of ether oxygens (including phenoxy) is 1. The van der Waals surface area contributed by atoms with Crippen LogP contribution < -0.4 is 10.2 Å². The van der Waals surface area contributed by atoms with Crippen LogP contribution in [0.2, 0.25) is 5.02 Å². The lowest BCUT2D eigenvalue weighted by molar-refractivity contribution is 0.362. The first-order valence-electron chi connectivity index (χ1n) is 6.75. The van der Waals surface area contributed by atoms with Crippen molar-refractivity contribution < 1.29 is 13.5 Å². The van der Waals surface area contributed by atoms with E-state index in [2.05, 4.69) is 9.72 Å². The van der Waals surface area contributed by atoms with Crippen molar-refractivity contribution >= 4 is 22.5 Å². The van der Waals surface area contributed by atoms with Crippen molar-refractivity contribution in [2.45, 2.75) is 0 Å². The van der Waals surface area contributed by atoms with Crippen LogP contribution in [-0.4, -0.2) is 12.1 Å². The fraction of sp³-hybridized carbons (Fsp3) is 0.0588. The van der Waals surface area contributed by atoms with E-state index < -0.39 is 22.8 Å². The fourth-order valence-corrected chi connectivity index (χ4v) is 2.68. The van der Waals surface area contributed by atoms with Gasteiger partial charge in [0.15, 0.2) is 22.8 Å². The highest BCUT2D eigenvalue weighted by atomic mass is 35.5. The smallest absolute Gasteiger partial charge is 0.193 e. The molecule has 0 aliphatic heterocycles. The number of hydrogen-bond donors (Lipinski definition) is 1. The summed E-state index contributed by atoms with van der Waals surface area (Å²) >= 11 is 6.10. The van der Waals surface area contributed by atoms with Crippen LogP contribution in [0.5, 0.6) is 5.75 Å². The predicted molar refractivity (Wildman–Crippen MR) is 86.2 cm³/mol. The molecule has 1 heterocycles. The number of aromatic nitrogens is 1. The van der Waals surface area contributed by atoms with Gasteiger partial charge in [0, 0.05) is 22.7 Å². The second-order valence-corrected chi connectivity index (χ2v) is 5.39. The third-order valence-corrected chi connectivity index (χ3v) is 3.89. The van der Waals surface area contributed by atoms with Gasteiger partial charge >= 0.3 is 0 Å². The molecule has 4 nitrogen and oxygen atoms in total. The van der Waals surface area contributed by atoms with Gasteiger partial charge in [0.25, 0.3) is 0 Å². The highest BCUT2D eigenvalue weighted by Gasteiger charge is 2.18. The molecule has 0 unspecified atom stereocenters. The Labute approximate surface area is 139 Å². The summed E-state index contributed by atoms with van der Waals surface area (Å²) in [5.41, 5.74) is 0.270. The fourth-order valence-electron chi connectivity index (χ4n) is 2.46. The van der Waals surface area contributed by atoms with Crippen molar-refractivity contribution in [1.82, 2.24) is 4.98 Å². The van der Waals surface area contributed by atoms with Gasteiger partial charge in [0.05, 0.1) is 35.3 Å². The minimum Gasteiger partial charge on any atom is -0.491 e. The predicted octanol–water partition coefficient (Wildman–Crippen LogP) is 4.01. The molecule has 0 atom stereocenters. The number of pyridine rings is 1. The maximum absolute atomic E-state index is 14.3. The van der Waals surface area contributed by atoms with Gasteiger partial charge in [-0.05, 0) is 18.2 Å². The van der Waals surface area contributed by atoms with Crippen molar-refractivity contribution in [3.63, 3.8) is 0 Å². The summed E-state index contributed by atoms with van der Waals surface area (Å²) in [6.07, 6.45) is 0. The Balaban J connectivity index is 2.34. The van der Waals surface area contributed by atoms with E-state index in [9.17, 15) is 13.6 Å². The number of hydrogen-bond acceptors (Lipinski definition) is 3. The molecule has 24 heavy (non-hydrogen) atoms. The maximum atomic E-state index is 14.3. The minimum atomic E-state index is -1.07. The van der Waals surface area contributed by atoms with Crippen molar-refractivity contribution in [1.29, 1.82) is 5.26 Å². The van der Waals surface area contributed by atoms with Gasteiger partial charge in [-0.15, -0.1) is 0 Å². The summed E-state index contributed by atoms with van der Waals surface area (Å²) in [5, 5.41) is 8.95. The highest BCUT2D eigenvalue weighted by Crippen LogP contribution is 2.31. The average Bonchev–Trinajstić information content (AvgIpc) is 2.54. The molecule has 0 aliphatic rings. The molecule has 2 aromatic carbocycles. The molecule has 0 fully saturated rings.